The lowest BCUT2D eigenvalue weighted by Crippen LogP contribution is -2.51. The molecule has 0 aromatic heterocycles. The molecule has 158 valence electrons. The third kappa shape index (κ3) is 2.15. The summed E-state index contributed by atoms with van der Waals surface area (Å²) >= 11 is 5.97. The van der Waals surface area contributed by atoms with Crippen molar-refractivity contribution in [3.05, 3.63) is 104 Å². The van der Waals surface area contributed by atoms with Gasteiger partial charge in [-0.2, -0.15) is 0 Å². The predicted octanol–water partition coefficient (Wildman–Crippen LogP) is 4.82. The molecule has 4 aliphatic rings. The summed E-state index contributed by atoms with van der Waals surface area (Å²) < 4.78 is 0. The first-order chi connectivity index (χ1) is 15.4. The summed E-state index contributed by atoms with van der Waals surface area (Å²) in [5.41, 5.74) is 3.07. The van der Waals surface area contributed by atoms with Gasteiger partial charge in [0.2, 0.25) is 11.8 Å². The number of nitro groups is 1. The Bertz CT molecular complexity index is 1320. The fourth-order valence-electron chi connectivity index (χ4n) is 6.22. The van der Waals surface area contributed by atoms with Crippen LogP contribution in [-0.4, -0.2) is 16.7 Å². The molecule has 3 aromatic rings. The summed E-state index contributed by atoms with van der Waals surface area (Å²) in [4.78, 5) is 39.8. The fourth-order valence-corrected chi connectivity index (χ4v) is 6.39. The Morgan fingerprint density at radius 2 is 1.53 bits per heavy atom. The van der Waals surface area contributed by atoms with Crippen LogP contribution in [0.25, 0.3) is 0 Å². The molecule has 2 atom stereocenters. The molecule has 32 heavy (non-hydrogen) atoms. The Morgan fingerprint density at radius 3 is 2.12 bits per heavy atom. The molecule has 2 bridgehead atoms. The third-order valence-electron chi connectivity index (χ3n) is 7.42. The number of hydrogen-bond acceptors (Lipinski definition) is 4. The summed E-state index contributed by atoms with van der Waals surface area (Å²) in [5, 5.41) is 11.9. The first-order valence-corrected chi connectivity index (χ1v) is 10.7. The average molecular weight is 445 g/mol. The van der Waals surface area contributed by atoms with E-state index in [1.165, 1.54) is 18.2 Å². The lowest BCUT2D eigenvalue weighted by Gasteiger charge is -2.52. The van der Waals surface area contributed by atoms with Crippen LogP contribution < -0.4 is 4.90 Å². The van der Waals surface area contributed by atoms with Gasteiger partial charge in [0.1, 0.15) is 5.69 Å². The lowest BCUT2D eigenvalue weighted by molar-refractivity contribution is -0.384. The van der Waals surface area contributed by atoms with Crippen molar-refractivity contribution in [3.8, 4) is 0 Å². The quantitative estimate of drug-likeness (QED) is 0.322. The Kier molecular flexibility index (Phi) is 3.76. The number of rotatable bonds is 2. The maximum atomic E-state index is 13.9. The van der Waals surface area contributed by atoms with Crippen molar-refractivity contribution in [2.45, 2.75) is 18.3 Å². The fraction of sp³-hybridized carbons (Fsp3) is 0.200. The highest BCUT2D eigenvalue weighted by Gasteiger charge is 2.66. The number of nitro benzene ring substituents is 1. The molecule has 1 heterocycles. The normalized spacial score (nSPS) is 27.2. The molecule has 1 aliphatic heterocycles. The summed E-state index contributed by atoms with van der Waals surface area (Å²) in [5.74, 6) is -2.33. The van der Waals surface area contributed by atoms with Crippen molar-refractivity contribution in [3.63, 3.8) is 0 Å². The molecule has 6 nitrogen and oxygen atoms in total. The Morgan fingerprint density at radius 1 is 0.938 bits per heavy atom. The molecule has 0 spiro atoms. The molecule has 3 aromatic carbocycles. The molecule has 0 unspecified atom stereocenters. The van der Waals surface area contributed by atoms with Crippen LogP contribution in [-0.2, 0) is 15.0 Å². The molecule has 0 N–H and O–H groups in total. The van der Waals surface area contributed by atoms with Crippen LogP contribution in [0.3, 0.4) is 0 Å². The topological polar surface area (TPSA) is 80.5 Å². The highest BCUT2D eigenvalue weighted by Crippen LogP contribution is 2.64. The van der Waals surface area contributed by atoms with Crippen molar-refractivity contribution in [2.75, 3.05) is 4.90 Å². The van der Waals surface area contributed by atoms with E-state index in [1.807, 2.05) is 55.5 Å². The monoisotopic (exact) mass is 444 g/mol. The van der Waals surface area contributed by atoms with Gasteiger partial charge in [0.15, 0.2) is 0 Å². The second-order valence-corrected chi connectivity index (χ2v) is 9.20. The standard InChI is InChI=1S/C25H17ClN2O4/c1-25-16-8-4-2-6-14(16)20(15-7-3-5-9-17(15)25)21-22(25)24(30)27(23(21)29)18-11-10-13(26)12-19(18)28(31)32/h2-12,20-22H,1H3/t20?,21-,22-,25?/m0/s1. The second kappa shape index (κ2) is 6.26. The van der Waals surface area contributed by atoms with E-state index in [-0.39, 0.29) is 22.3 Å². The van der Waals surface area contributed by atoms with Crippen molar-refractivity contribution in [1.29, 1.82) is 0 Å². The SMILES string of the molecule is CC12c3ccccc3C(c3ccccc31)[C@@H]1C(=O)N(c3ccc(Cl)cc3[N+](=O)[O-])C(=O)[C@H]12. The number of amides is 2. The highest BCUT2D eigenvalue weighted by atomic mass is 35.5. The van der Waals surface area contributed by atoms with Crippen LogP contribution in [0.15, 0.2) is 66.7 Å². The van der Waals surface area contributed by atoms with E-state index >= 15 is 0 Å². The largest absolute Gasteiger partial charge is 0.294 e. The van der Waals surface area contributed by atoms with Crippen LogP contribution in [0.5, 0.6) is 0 Å². The molecule has 0 saturated carbocycles. The average Bonchev–Trinajstić information content (AvgIpc) is 3.06. The predicted molar refractivity (Wildman–Crippen MR) is 119 cm³/mol. The van der Waals surface area contributed by atoms with Crippen LogP contribution in [0.2, 0.25) is 5.02 Å². The number of anilines is 1. The van der Waals surface area contributed by atoms with Gasteiger partial charge in [0, 0.05) is 22.4 Å². The minimum absolute atomic E-state index is 0.0279. The van der Waals surface area contributed by atoms with E-state index in [2.05, 4.69) is 0 Å². The first-order valence-electron chi connectivity index (χ1n) is 10.4. The van der Waals surface area contributed by atoms with Gasteiger partial charge >= 0.3 is 0 Å². The molecule has 7 heteroatoms. The zero-order valence-corrected chi connectivity index (χ0v) is 17.7. The van der Waals surface area contributed by atoms with E-state index in [0.717, 1.165) is 27.2 Å². The van der Waals surface area contributed by atoms with Gasteiger partial charge in [-0.25, -0.2) is 4.90 Å². The lowest BCUT2D eigenvalue weighted by atomic mass is 9.48. The molecule has 1 saturated heterocycles. The third-order valence-corrected chi connectivity index (χ3v) is 7.65. The number of benzene rings is 3. The van der Waals surface area contributed by atoms with Gasteiger partial charge in [0.05, 0.1) is 16.8 Å². The van der Waals surface area contributed by atoms with Crippen molar-refractivity contribution in [1.82, 2.24) is 0 Å². The van der Waals surface area contributed by atoms with Crippen LogP contribution in [0.1, 0.15) is 35.1 Å². The molecule has 0 radical (unpaired) electrons. The second-order valence-electron chi connectivity index (χ2n) is 8.76. The smallest absolute Gasteiger partial charge is 0.274 e. The van der Waals surface area contributed by atoms with Crippen LogP contribution >= 0.6 is 11.6 Å². The van der Waals surface area contributed by atoms with Gasteiger partial charge in [-0.05, 0) is 34.4 Å². The van der Waals surface area contributed by atoms with Gasteiger partial charge in [-0.15, -0.1) is 0 Å². The van der Waals surface area contributed by atoms with Gasteiger partial charge < -0.3 is 0 Å². The first kappa shape index (κ1) is 19.2. The zero-order chi connectivity index (χ0) is 22.4. The summed E-state index contributed by atoms with van der Waals surface area (Å²) in [6.07, 6.45) is 0. The minimum atomic E-state index is -0.713. The van der Waals surface area contributed by atoms with E-state index in [9.17, 15) is 19.7 Å². The minimum Gasteiger partial charge on any atom is -0.274 e. The summed E-state index contributed by atoms with van der Waals surface area (Å²) in [7, 11) is 0. The van der Waals surface area contributed by atoms with Crippen molar-refractivity contribution < 1.29 is 14.5 Å². The number of hydrogen-bond donors (Lipinski definition) is 0. The van der Waals surface area contributed by atoms with Gasteiger partial charge in [0.25, 0.3) is 5.69 Å². The summed E-state index contributed by atoms with van der Waals surface area (Å²) in [6, 6.07) is 19.9. The Labute approximate surface area is 188 Å². The molecule has 7 rings (SSSR count). The molecular weight excluding hydrogens is 428 g/mol. The van der Waals surface area contributed by atoms with Gasteiger partial charge in [-0.3, -0.25) is 19.7 Å². The molecule has 3 aliphatic carbocycles. The number of halogens is 1. The van der Waals surface area contributed by atoms with Crippen molar-refractivity contribution >= 4 is 34.8 Å². The zero-order valence-electron chi connectivity index (χ0n) is 17.0. The maximum absolute atomic E-state index is 13.9. The molecule has 2 amide bonds. The Balaban J connectivity index is 1.61. The number of carbonyl (C=O) groups is 2. The van der Waals surface area contributed by atoms with Gasteiger partial charge in [-0.1, -0.05) is 67.1 Å². The van der Waals surface area contributed by atoms with E-state index in [4.69, 9.17) is 11.6 Å². The van der Waals surface area contributed by atoms with Crippen LogP contribution in [0, 0.1) is 22.0 Å². The number of imide groups is 1. The van der Waals surface area contributed by atoms with E-state index in [1.54, 1.807) is 0 Å². The van der Waals surface area contributed by atoms with E-state index in [0.29, 0.717) is 0 Å². The van der Waals surface area contributed by atoms with Crippen molar-refractivity contribution in [2.24, 2.45) is 11.8 Å². The highest BCUT2D eigenvalue weighted by molar-refractivity contribution is 6.31. The summed E-state index contributed by atoms with van der Waals surface area (Å²) in [6.45, 7) is 2.02. The Hall–Kier alpha value is -3.51. The number of carbonyl (C=O) groups excluding carboxylic acids is 2. The maximum Gasteiger partial charge on any atom is 0.294 e. The van der Waals surface area contributed by atoms with Crippen LogP contribution in [0.4, 0.5) is 11.4 Å². The molecular formula is C25H17ClN2O4. The number of nitrogens with zero attached hydrogens (tertiary/aromatic N) is 2. The van der Waals surface area contributed by atoms with E-state index < -0.39 is 34.0 Å². The molecule has 1 fully saturated rings.